The Morgan fingerprint density at radius 3 is 2.22 bits per heavy atom. The van der Waals surface area contributed by atoms with Gasteiger partial charge in [-0.1, -0.05) is 44.3 Å². The summed E-state index contributed by atoms with van der Waals surface area (Å²) >= 11 is 0. The van der Waals surface area contributed by atoms with Crippen LogP contribution in [0.15, 0.2) is 50.8 Å². The minimum atomic E-state index is 0.797. The predicted molar refractivity (Wildman–Crippen MR) is 104 cm³/mol. The van der Waals surface area contributed by atoms with Crippen LogP contribution in [-0.2, 0) is 0 Å². The van der Waals surface area contributed by atoms with Gasteiger partial charge in [0.1, 0.15) is 0 Å². The Bertz CT molecular complexity index is 599. The van der Waals surface area contributed by atoms with E-state index in [1.54, 1.807) is 6.21 Å². The fourth-order valence-corrected chi connectivity index (χ4v) is 1.94. The Balaban J connectivity index is 6.35. The molecular weight excluding hydrogens is 280 g/mol. The molecule has 0 spiro atoms. The van der Waals surface area contributed by atoms with Gasteiger partial charge in [-0.3, -0.25) is 4.99 Å². The van der Waals surface area contributed by atoms with E-state index in [4.69, 9.17) is 5.73 Å². The molecule has 0 amide bonds. The summed E-state index contributed by atoms with van der Waals surface area (Å²) in [6, 6.07) is 0. The van der Waals surface area contributed by atoms with Crippen molar-refractivity contribution in [3.63, 3.8) is 0 Å². The zero-order chi connectivity index (χ0) is 17.8. The smallest absolute Gasteiger partial charge is 0.0474 e. The summed E-state index contributed by atoms with van der Waals surface area (Å²) in [6.07, 6.45) is 8.96. The lowest BCUT2D eigenvalue weighted by Gasteiger charge is -2.13. The van der Waals surface area contributed by atoms with Crippen LogP contribution in [0.3, 0.4) is 0 Å². The number of nitrogens with zero attached hydrogens (tertiary/aromatic N) is 1. The van der Waals surface area contributed by atoms with Crippen LogP contribution in [0, 0.1) is 11.8 Å². The van der Waals surface area contributed by atoms with Crippen molar-refractivity contribution in [2.24, 2.45) is 10.7 Å². The first-order valence-electron chi connectivity index (χ1n) is 8.43. The van der Waals surface area contributed by atoms with Crippen LogP contribution in [0.25, 0.3) is 0 Å². The van der Waals surface area contributed by atoms with Crippen molar-refractivity contribution >= 4 is 6.21 Å². The monoisotopic (exact) mass is 312 g/mol. The lowest BCUT2D eigenvalue weighted by molar-refractivity contribution is 0.951. The summed E-state index contributed by atoms with van der Waals surface area (Å²) in [4.78, 5) is 4.46. The van der Waals surface area contributed by atoms with Gasteiger partial charge in [-0.15, -0.1) is 0 Å². The van der Waals surface area contributed by atoms with E-state index in [2.05, 4.69) is 43.7 Å². The van der Waals surface area contributed by atoms with Gasteiger partial charge in [0.2, 0.25) is 0 Å². The molecule has 0 bridgehead atoms. The molecule has 0 aromatic rings. The maximum Gasteiger partial charge on any atom is 0.0474 e. The molecule has 0 fully saturated rings. The van der Waals surface area contributed by atoms with E-state index in [0.29, 0.717) is 0 Å². The van der Waals surface area contributed by atoms with Crippen molar-refractivity contribution in [2.75, 3.05) is 0 Å². The third-order valence-corrected chi connectivity index (χ3v) is 3.68. The Morgan fingerprint density at radius 2 is 1.74 bits per heavy atom. The number of hydrogen-bond donors (Lipinski definition) is 1. The summed E-state index contributed by atoms with van der Waals surface area (Å²) in [6.45, 7) is 14.3. The Morgan fingerprint density at radius 1 is 1.09 bits per heavy atom. The van der Waals surface area contributed by atoms with Crippen LogP contribution in [0.2, 0.25) is 0 Å². The number of allylic oxidation sites excluding steroid dienone is 6. The summed E-state index contributed by atoms with van der Waals surface area (Å²) < 4.78 is 0. The summed E-state index contributed by atoms with van der Waals surface area (Å²) in [7, 11) is 0. The zero-order valence-corrected chi connectivity index (χ0v) is 15.9. The first-order valence-corrected chi connectivity index (χ1v) is 8.43. The number of hydrogen-bond acceptors (Lipinski definition) is 2. The van der Waals surface area contributed by atoms with Crippen molar-refractivity contribution in [3.8, 4) is 11.8 Å². The quantitative estimate of drug-likeness (QED) is 0.382. The molecular formula is C21H32N2. The average Bonchev–Trinajstić information content (AvgIpc) is 2.55. The molecule has 2 N–H and O–H groups in total. The lowest BCUT2D eigenvalue weighted by atomic mass is 9.96. The van der Waals surface area contributed by atoms with Gasteiger partial charge in [-0.25, -0.2) is 0 Å². The molecule has 0 aliphatic heterocycles. The van der Waals surface area contributed by atoms with Gasteiger partial charge in [0.05, 0.1) is 0 Å². The molecule has 0 unspecified atom stereocenters. The normalized spacial score (nSPS) is 15.1. The van der Waals surface area contributed by atoms with Crippen molar-refractivity contribution < 1.29 is 0 Å². The van der Waals surface area contributed by atoms with Gasteiger partial charge in [-0.2, -0.15) is 0 Å². The standard InChI is InChI=1S/C21H32N2/c1-8-12-13-19(15-14-16(5)9-2)20(18(7)23-11-4)21(22)17(6)10-3/h9,11,13H,8,10,12,22H2,1-7H3/b16-9+,19-13-,20-18-,21-17-,23-11?. The summed E-state index contributed by atoms with van der Waals surface area (Å²) in [5.74, 6) is 6.51. The van der Waals surface area contributed by atoms with Gasteiger partial charge in [0.15, 0.2) is 0 Å². The zero-order valence-electron chi connectivity index (χ0n) is 15.9. The van der Waals surface area contributed by atoms with Crippen molar-refractivity contribution in [1.29, 1.82) is 0 Å². The van der Waals surface area contributed by atoms with E-state index in [1.807, 2.05) is 33.8 Å². The van der Waals surface area contributed by atoms with Gasteiger partial charge in [0, 0.05) is 28.8 Å². The SMILES string of the molecule is CC=N/C(C)=C(C(/C#C/C(C)=C/C)=C\CCC)\C(N)=C(/C)CC. The van der Waals surface area contributed by atoms with Gasteiger partial charge >= 0.3 is 0 Å². The van der Waals surface area contributed by atoms with Gasteiger partial charge in [0.25, 0.3) is 0 Å². The fraction of sp³-hybridized carbons (Fsp3) is 0.476. The van der Waals surface area contributed by atoms with E-state index in [-0.39, 0.29) is 0 Å². The molecule has 0 aliphatic rings. The molecule has 0 atom stereocenters. The molecule has 0 rings (SSSR count). The molecule has 0 heterocycles. The second-order valence-corrected chi connectivity index (χ2v) is 5.52. The first kappa shape index (κ1) is 21.0. The second-order valence-electron chi connectivity index (χ2n) is 5.52. The number of aliphatic imine (C=N–C) groups is 1. The highest BCUT2D eigenvalue weighted by Gasteiger charge is 2.12. The summed E-state index contributed by atoms with van der Waals surface area (Å²) in [5.41, 5.74) is 12.3. The second kappa shape index (κ2) is 11.5. The molecule has 0 aliphatic carbocycles. The van der Waals surface area contributed by atoms with Crippen LogP contribution in [0.4, 0.5) is 0 Å². The van der Waals surface area contributed by atoms with E-state index >= 15 is 0 Å². The van der Waals surface area contributed by atoms with Crippen LogP contribution in [-0.4, -0.2) is 6.21 Å². The third-order valence-electron chi connectivity index (χ3n) is 3.68. The van der Waals surface area contributed by atoms with Crippen LogP contribution < -0.4 is 5.73 Å². The van der Waals surface area contributed by atoms with E-state index in [9.17, 15) is 0 Å². The summed E-state index contributed by atoms with van der Waals surface area (Å²) in [5, 5.41) is 0. The lowest BCUT2D eigenvalue weighted by Crippen LogP contribution is -2.08. The maximum absolute atomic E-state index is 6.44. The molecule has 0 saturated heterocycles. The van der Waals surface area contributed by atoms with Gasteiger partial charge < -0.3 is 5.73 Å². The fourth-order valence-electron chi connectivity index (χ4n) is 1.94. The number of rotatable bonds is 6. The molecule has 2 nitrogen and oxygen atoms in total. The molecule has 0 aromatic carbocycles. The minimum absolute atomic E-state index is 0.797. The van der Waals surface area contributed by atoms with Crippen molar-refractivity contribution in [3.05, 3.63) is 45.8 Å². The molecule has 0 aromatic heterocycles. The predicted octanol–water partition coefficient (Wildman–Crippen LogP) is 5.69. The van der Waals surface area contributed by atoms with E-state index in [0.717, 1.165) is 52.9 Å². The molecule has 126 valence electrons. The average molecular weight is 313 g/mol. The molecule has 0 radical (unpaired) electrons. The Kier molecular flexibility index (Phi) is 10.5. The van der Waals surface area contributed by atoms with E-state index in [1.165, 1.54) is 0 Å². The molecule has 0 saturated carbocycles. The highest BCUT2D eigenvalue weighted by atomic mass is 14.7. The Labute approximate surface area is 143 Å². The highest BCUT2D eigenvalue weighted by molar-refractivity contribution is 5.62. The number of nitrogens with two attached hydrogens (primary N) is 1. The van der Waals surface area contributed by atoms with Crippen molar-refractivity contribution in [1.82, 2.24) is 0 Å². The van der Waals surface area contributed by atoms with Gasteiger partial charge in [-0.05, 0) is 58.6 Å². The molecule has 23 heavy (non-hydrogen) atoms. The topological polar surface area (TPSA) is 38.4 Å². The van der Waals surface area contributed by atoms with Crippen LogP contribution >= 0.6 is 0 Å². The van der Waals surface area contributed by atoms with Crippen LogP contribution in [0.5, 0.6) is 0 Å². The molecule has 2 heteroatoms. The largest absolute Gasteiger partial charge is 0.398 e. The maximum atomic E-state index is 6.44. The van der Waals surface area contributed by atoms with Crippen molar-refractivity contribution in [2.45, 2.75) is 67.7 Å². The highest BCUT2D eigenvalue weighted by Crippen LogP contribution is 2.25. The minimum Gasteiger partial charge on any atom is -0.398 e. The number of unbranched alkanes of at least 4 members (excludes halogenated alkanes) is 1. The first-order chi connectivity index (χ1) is 10.9. The van der Waals surface area contributed by atoms with Crippen LogP contribution in [0.1, 0.15) is 67.7 Å². The van der Waals surface area contributed by atoms with E-state index < -0.39 is 0 Å². The Hall–Kier alpha value is -2.01. The third kappa shape index (κ3) is 7.19.